The van der Waals surface area contributed by atoms with Crippen LogP contribution >= 0.6 is 67.6 Å². The van der Waals surface area contributed by atoms with Crippen molar-refractivity contribution in [3.05, 3.63) is 0 Å². The standard InChI is InChI=1S/C8H18S2.C6H12N2S4/c1-3-5-7-9-10-8-6-4-2;1-7(2)5(9)11-12-6(10)8(3)4/h3-8H2,1-2H3;1-4H3. The van der Waals surface area contributed by atoms with Gasteiger partial charge in [0.15, 0.2) is 0 Å². The topological polar surface area (TPSA) is 6.48 Å². The summed E-state index contributed by atoms with van der Waals surface area (Å²) in [5.74, 6) is 2.68. The maximum atomic E-state index is 5.07. The minimum absolute atomic E-state index is 0.837. The fourth-order valence-electron chi connectivity index (χ4n) is 0.745. The fraction of sp³-hybridized carbons (Fsp3) is 0.857. The highest BCUT2D eigenvalue weighted by atomic mass is 33.1. The van der Waals surface area contributed by atoms with Gasteiger partial charge in [-0.15, -0.1) is 0 Å². The maximum Gasteiger partial charge on any atom is 0.146 e. The molecule has 2 nitrogen and oxygen atoms in total. The SMILES string of the molecule is CCCCSSCCCC.CN(C)C(=S)SSC(=S)N(C)C. The van der Waals surface area contributed by atoms with E-state index in [4.69, 9.17) is 24.4 Å². The molecule has 0 unspecified atom stereocenters. The van der Waals surface area contributed by atoms with E-state index in [2.05, 4.69) is 13.8 Å². The molecule has 132 valence electrons. The molecule has 0 N–H and O–H groups in total. The molecular weight excluding hydrogens is 389 g/mol. The summed E-state index contributed by atoms with van der Waals surface area (Å²) in [5.41, 5.74) is 0. The summed E-state index contributed by atoms with van der Waals surface area (Å²) in [6.07, 6.45) is 5.43. The molecule has 0 aromatic carbocycles. The molecule has 0 aliphatic rings. The van der Waals surface area contributed by atoms with E-state index < -0.39 is 0 Å². The van der Waals surface area contributed by atoms with E-state index in [1.165, 1.54) is 58.8 Å². The minimum atomic E-state index is 0.837. The predicted molar refractivity (Wildman–Crippen MR) is 122 cm³/mol. The first-order valence-electron chi connectivity index (χ1n) is 7.38. The molecule has 0 rings (SSSR count). The number of nitrogens with zero attached hydrogens (tertiary/aromatic N) is 2. The Bertz CT molecular complexity index is 257. The van der Waals surface area contributed by atoms with Gasteiger partial charge in [0, 0.05) is 39.7 Å². The zero-order valence-electron chi connectivity index (χ0n) is 14.6. The van der Waals surface area contributed by atoms with E-state index >= 15 is 0 Å². The molecule has 22 heavy (non-hydrogen) atoms. The van der Waals surface area contributed by atoms with Crippen LogP contribution in [0.5, 0.6) is 0 Å². The second-order valence-corrected chi connectivity index (χ2v) is 10.9. The third-order valence-corrected chi connectivity index (χ3v) is 8.90. The summed E-state index contributed by atoms with van der Waals surface area (Å²) >= 11 is 10.1. The first-order chi connectivity index (χ1) is 10.4. The van der Waals surface area contributed by atoms with E-state index in [9.17, 15) is 0 Å². The fourth-order valence-corrected chi connectivity index (χ4v) is 5.58. The predicted octanol–water partition coefficient (Wildman–Crippen LogP) is 6.03. The van der Waals surface area contributed by atoms with Crippen molar-refractivity contribution in [1.29, 1.82) is 0 Å². The van der Waals surface area contributed by atoms with Gasteiger partial charge in [-0.2, -0.15) is 0 Å². The largest absolute Gasteiger partial charge is 0.363 e. The summed E-state index contributed by atoms with van der Waals surface area (Å²) in [5, 5.41) is 0. The number of unbranched alkanes of at least 4 members (excludes halogenated alkanes) is 2. The van der Waals surface area contributed by atoms with Crippen LogP contribution in [-0.2, 0) is 0 Å². The summed E-state index contributed by atoms with van der Waals surface area (Å²) < 4.78 is 1.67. The first-order valence-corrected chi connectivity index (χ1v) is 12.8. The molecule has 0 amide bonds. The molecule has 0 atom stereocenters. The van der Waals surface area contributed by atoms with Crippen LogP contribution in [-0.4, -0.2) is 58.1 Å². The Morgan fingerprint density at radius 3 is 1.27 bits per heavy atom. The number of thiocarbonyl (C=S) groups is 2. The van der Waals surface area contributed by atoms with Gasteiger partial charge < -0.3 is 9.80 Å². The Hall–Kier alpha value is 1.18. The zero-order valence-corrected chi connectivity index (χ0v) is 19.5. The number of rotatable bonds is 7. The van der Waals surface area contributed by atoms with Crippen LogP contribution in [0.2, 0.25) is 0 Å². The highest BCUT2D eigenvalue weighted by molar-refractivity contribution is 8.89. The molecule has 0 fully saturated rings. The Balaban J connectivity index is 0. The normalized spacial score (nSPS) is 9.73. The Morgan fingerprint density at radius 1 is 0.727 bits per heavy atom. The van der Waals surface area contributed by atoms with Gasteiger partial charge in [0.25, 0.3) is 0 Å². The highest BCUT2D eigenvalue weighted by Crippen LogP contribution is 2.26. The van der Waals surface area contributed by atoms with Crippen LogP contribution in [0, 0.1) is 0 Å². The van der Waals surface area contributed by atoms with Crippen molar-refractivity contribution in [2.75, 3.05) is 39.7 Å². The van der Waals surface area contributed by atoms with E-state index in [0.717, 1.165) is 8.64 Å². The Labute approximate surface area is 164 Å². The third-order valence-electron chi connectivity index (χ3n) is 2.16. The van der Waals surface area contributed by atoms with Gasteiger partial charge in [-0.05, 0) is 34.4 Å². The molecule has 0 heterocycles. The second kappa shape index (κ2) is 18.5. The van der Waals surface area contributed by atoms with Gasteiger partial charge in [-0.1, -0.05) is 72.7 Å². The minimum Gasteiger partial charge on any atom is -0.363 e. The lowest BCUT2D eigenvalue weighted by molar-refractivity contribution is 0.647. The van der Waals surface area contributed by atoms with Crippen LogP contribution in [0.3, 0.4) is 0 Å². The highest BCUT2D eigenvalue weighted by Gasteiger charge is 2.04. The van der Waals surface area contributed by atoms with Gasteiger partial charge in [0.1, 0.15) is 8.64 Å². The summed E-state index contributed by atoms with van der Waals surface area (Å²) in [6.45, 7) is 4.49. The molecule has 0 aromatic rings. The first kappa shape index (κ1) is 25.4. The van der Waals surface area contributed by atoms with E-state index in [1.807, 2.05) is 59.6 Å². The van der Waals surface area contributed by atoms with E-state index in [-0.39, 0.29) is 0 Å². The lowest BCUT2D eigenvalue weighted by Gasteiger charge is -2.15. The van der Waals surface area contributed by atoms with Crippen molar-refractivity contribution in [2.45, 2.75) is 39.5 Å². The van der Waals surface area contributed by atoms with Crippen LogP contribution in [0.4, 0.5) is 0 Å². The van der Waals surface area contributed by atoms with Crippen LogP contribution in [0.15, 0.2) is 0 Å². The smallest absolute Gasteiger partial charge is 0.146 e. The van der Waals surface area contributed by atoms with Gasteiger partial charge >= 0.3 is 0 Å². The van der Waals surface area contributed by atoms with E-state index in [1.54, 1.807) is 0 Å². The lowest BCUT2D eigenvalue weighted by atomic mass is 10.4. The average Bonchev–Trinajstić information content (AvgIpc) is 2.48. The van der Waals surface area contributed by atoms with Crippen molar-refractivity contribution in [3.8, 4) is 0 Å². The third kappa shape index (κ3) is 19.2. The van der Waals surface area contributed by atoms with Gasteiger partial charge in [-0.3, -0.25) is 0 Å². The van der Waals surface area contributed by atoms with Crippen LogP contribution in [0.1, 0.15) is 39.5 Å². The molecule has 0 aliphatic carbocycles. The van der Waals surface area contributed by atoms with E-state index in [0.29, 0.717) is 0 Å². The quantitative estimate of drug-likeness (QED) is 0.277. The summed E-state index contributed by atoms with van der Waals surface area (Å²) in [7, 11) is 14.8. The van der Waals surface area contributed by atoms with Crippen molar-refractivity contribution >= 4 is 76.3 Å². The molecular formula is C14H30N2S6. The average molecular weight is 419 g/mol. The van der Waals surface area contributed by atoms with Crippen molar-refractivity contribution in [1.82, 2.24) is 9.80 Å². The number of hydrogen-bond acceptors (Lipinski definition) is 6. The van der Waals surface area contributed by atoms with Crippen LogP contribution < -0.4 is 0 Å². The van der Waals surface area contributed by atoms with Gasteiger partial charge in [0.05, 0.1) is 0 Å². The van der Waals surface area contributed by atoms with Crippen molar-refractivity contribution < 1.29 is 0 Å². The molecule has 0 aromatic heterocycles. The molecule has 0 aliphatic heterocycles. The molecule has 0 saturated carbocycles. The molecule has 0 radical (unpaired) electrons. The zero-order chi connectivity index (χ0) is 17.4. The Kier molecular flexibility index (Phi) is 21.4. The molecule has 0 bridgehead atoms. The van der Waals surface area contributed by atoms with Crippen molar-refractivity contribution in [3.63, 3.8) is 0 Å². The molecule has 8 heteroatoms. The lowest BCUT2D eigenvalue weighted by Crippen LogP contribution is -2.18. The molecule has 0 saturated heterocycles. The summed E-state index contributed by atoms with van der Waals surface area (Å²) in [4.78, 5) is 3.79. The monoisotopic (exact) mass is 418 g/mol. The van der Waals surface area contributed by atoms with Crippen LogP contribution in [0.25, 0.3) is 0 Å². The second-order valence-electron chi connectivity index (χ2n) is 4.84. The molecule has 0 spiro atoms. The Morgan fingerprint density at radius 2 is 1.05 bits per heavy atom. The maximum absolute atomic E-state index is 5.07. The summed E-state index contributed by atoms with van der Waals surface area (Å²) in [6, 6.07) is 0. The van der Waals surface area contributed by atoms with Gasteiger partial charge in [0.2, 0.25) is 0 Å². The van der Waals surface area contributed by atoms with Gasteiger partial charge in [-0.25, -0.2) is 0 Å². The number of hydrogen-bond donors (Lipinski definition) is 0. The van der Waals surface area contributed by atoms with Crippen molar-refractivity contribution in [2.24, 2.45) is 0 Å².